The number of amides is 1. The number of ether oxygens (including phenoxy) is 1. The molecular formula is C36H38N4O4S. The number of sulfonamides is 1. The van der Waals surface area contributed by atoms with E-state index in [1.54, 1.807) is 12.1 Å². The maximum absolute atomic E-state index is 12.4. The summed E-state index contributed by atoms with van der Waals surface area (Å²) in [6.07, 6.45) is 6.36. The van der Waals surface area contributed by atoms with Crippen molar-refractivity contribution in [3.63, 3.8) is 0 Å². The van der Waals surface area contributed by atoms with Gasteiger partial charge in [-0.05, 0) is 58.2 Å². The van der Waals surface area contributed by atoms with Crippen LogP contribution in [0, 0.1) is 6.92 Å². The van der Waals surface area contributed by atoms with Crippen LogP contribution in [-0.2, 0) is 26.0 Å². The van der Waals surface area contributed by atoms with Crippen LogP contribution in [0.5, 0.6) is 0 Å². The Kier molecular flexibility index (Phi) is 10.2. The van der Waals surface area contributed by atoms with Crippen LogP contribution in [0.3, 0.4) is 0 Å². The van der Waals surface area contributed by atoms with Gasteiger partial charge in [-0.3, -0.25) is 9.78 Å². The predicted octanol–water partition coefficient (Wildman–Crippen LogP) is 7.01. The van der Waals surface area contributed by atoms with Crippen LogP contribution in [-0.4, -0.2) is 42.1 Å². The Morgan fingerprint density at radius 3 is 2.16 bits per heavy atom. The van der Waals surface area contributed by atoms with Gasteiger partial charge in [0.25, 0.3) is 15.9 Å². The first-order chi connectivity index (χ1) is 21.7. The number of nitrogens with zero attached hydrogens (tertiary/aromatic N) is 3. The van der Waals surface area contributed by atoms with Gasteiger partial charge in [-0.25, -0.2) is 18.1 Å². The molecule has 5 rings (SSSR count). The summed E-state index contributed by atoms with van der Waals surface area (Å²) in [5.74, 6) is -0.692. The van der Waals surface area contributed by atoms with Crippen molar-refractivity contribution in [1.29, 1.82) is 0 Å². The number of benzene rings is 3. The summed E-state index contributed by atoms with van der Waals surface area (Å²) < 4.78 is 34.6. The Hall–Kier alpha value is -4.60. The van der Waals surface area contributed by atoms with Crippen LogP contribution in [0.15, 0.2) is 108 Å². The Bertz CT molecular complexity index is 1840. The van der Waals surface area contributed by atoms with Crippen LogP contribution >= 0.6 is 0 Å². The van der Waals surface area contributed by atoms with E-state index in [9.17, 15) is 13.2 Å². The number of nitrogens with one attached hydrogen (secondary N) is 1. The summed E-state index contributed by atoms with van der Waals surface area (Å²) >= 11 is 0. The number of carbonyl (C=O) groups is 1. The molecule has 1 N–H and O–H groups in total. The highest BCUT2D eigenvalue weighted by molar-refractivity contribution is 7.90. The van der Waals surface area contributed by atoms with Crippen molar-refractivity contribution in [3.8, 4) is 33.8 Å². The minimum absolute atomic E-state index is 0.0448. The van der Waals surface area contributed by atoms with E-state index in [-0.39, 0.29) is 17.5 Å². The Balaban J connectivity index is 1.21. The molecule has 0 atom stereocenters. The summed E-state index contributed by atoms with van der Waals surface area (Å²) in [5, 5.41) is 0. The molecule has 0 bridgehead atoms. The van der Waals surface area contributed by atoms with Gasteiger partial charge in [0, 0.05) is 41.2 Å². The van der Waals surface area contributed by atoms with Crippen molar-refractivity contribution in [2.75, 3.05) is 13.2 Å². The third kappa shape index (κ3) is 8.12. The van der Waals surface area contributed by atoms with Gasteiger partial charge in [0.1, 0.15) is 6.61 Å². The minimum Gasteiger partial charge on any atom is -0.372 e. The van der Waals surface area contributed by atoms with E-state index in [0.717, 1.165) is 58.6 Å². The highest BCUT2D eigenvalue weighted by atomic mass is 32.2. The Morgan fingerprint density at radius 2 is 1.51 bits per heavy atom. The lowest BCUT2D eigenvalue weighted by Gasteiger charge is -2.13. The van der Waals surface area contributed by atoms with Crippen molar-refractivity contribution >= 4 is 15.9 Å². The highest BCUT2D eigenvalue weighted by Crippen LogP contribution is 2.32. The molecule has 0 aliphatic rings. The molecule has 0 aliphatic carbocycles. The lowest BCUT2D eigenvalue weighted by molar-refractivity contribution is -0.123. The second-order valence-corrected chi connectivity index (χ2v) is 12.9. The van der Waals surface area contributed by atoms with Crippen molar-refractivity contribution in [1.82, 2.24) is 19.3 Å². The van der Waals surface area contributed by atoms with E-state index >= 15 is 0 Å². The standard InChI is InChI=1S/C36H38N4O4S/c1-26(2)40-24-30(33-23-37-35(28-12-6-4-7-13-28)36(38-33)29-14-8-5-9-15-29)22-31(40)16-10-11-21-44-25-34(41)39-45(42,43)32-19-17-27(3)18-20-32/h4-9,12-15,17-20,22-24,26H,10-11,16,21,25H2,1-3H3,(H,39,41). The summed E-state index contributed by atoms with van der Waals surface area (Å²) in [6, 6.07) is 29.0. The number of hydrogen-bond acceptors (Lipinski definition) is 6. The lowest BCUT2D eigenvalue weighted by atomic mass is 10.0. The quantitative estimate of drug-likeness (QED) is 0.142. The minimum atomic E-state index is -3.92. The molecule has 232 valence electrons. The second-order valence-electron chi connectivity index (χ2n) is 11.3. The van der Waals surface area contributed by atoms with Gasteiger partial charge < -0.3 is 9.30 Å². The molecule has 5 aromatic rings. The van der Waals surface area contributed by atoms with Crippen LogP contribution in [0.1, 0.15) is 44.0 Å². The smallest absolute Gasteiger partial charge is 0.264 e. The SMILES string of the molecule is Cc1ccc(S(=O)(=O)NC(=O)COCCCCc2cc(-c3cnc(-c4ccccc4)c(-c4ccccc4)n3)cn2C(C)C)cc1. The summed E-state index contributed by atoms with van der Waals surface area (Å²) in [7, 11) is -3.92. The van der Waals surface area contributed by atoms with Crippen LogP contribution in [0.2, 0.25) is 0 Å². The molecule has 2 aromatic heterocycles. The van der Waals surface area contributed by atoms with Crippen molar-refractivity contribution < 1.29 is 17.9 Å². The summed E-state index contributed by atoms with van der Waals surface area (Å²) in [6.45, 7) is 6.19. The fraction of sp³-hybridized carbons (Fsp3) is 0.250. The van der Waals surface area contributed by atoms with Gasteiger partial charge in [0.05, 0.1) is 28.2 Å². The zero-order chi connectivity index (χ0) is 31.8. The number of unbranched alkanes of at least 4 members (excludes halogenated alkanes) is 1. The van der Waals surface area contributed by atoms with Gasteiger partial charge >= 0.3 is 0 Å². The summed E-state index contributed by atoms with van der Waals surface area (Å²) in [5.41, 5.74) is 7.64. The maximum atomic E-state index is 12.4. The van der Waals surface area contributed by atoms with Crippen LogP contribution in [0.25, 0.3) is 33.8 Å². The molecule has 9 heteroatoms. The fourth-order valence-electron chi connectivity index (χ4n) is 5.11. The second kappa shape index (κ2) is 14.5. The summed E-state index contributed by atoms with van der Waals surface area (Å²) in [4.78, 5) is 22.2. The molecule has 0 radical (unpaired) electrons. The van der Waals surface area contributed by atoms with Gasteiger partial charge in [0.2, 0.25) is 0 Å². The van der Waals surface area contributed by atoms with E-state index < -0.39 is 15.9 Å². The average molecular weight is 623 g/mol. The first-order valence-corrected chi connectivity index (χ1v) is 16.6. The highest BCUT2D eigenvalue weighted by Gasteiger charge is 2.18. The molecule has 0 spiro atoms. The monoisotopic (exact) mass is 622 g/mol. The molecule has 0 aliphatic heterocycles. The molecule has 0 unspecified atom stereocenters. The van der Waals surface area contributed by atoms with Gasteiger partial charge in [-0.15, -0.1) is 0 Å². The molecular weight excluding hydrogens is 584 g/mol. The topological polar surface area (TPSA) is 103 Å². The number of hydrogen-bond donors (Lipinski definition) is 1. The molecule has 8 nitrogen and oxygen atoms in total. The Morgan fingerprint density at radius 1 is 0.867 bits per heavy atom. The first kappa shape index (κ1) is 31.8. The molecule has 2 heterocycles. The van der Waals surface area contributed by atoms with Gasteiger partial charge in [0.15, 0.2) is 0 Å². The van der Waals surface area contributed by atoms with E-state index in [4.69, 9.17) is 14.7 Å². The van der Waals surface area contributed by atoms with E-state index in [2.05, 4.69) is 47.5 Å². The fourth-order valence-corrected chi connectivity index (χ4v) is 6.08. The van der Waals surface area contributed by atoms with E-state index in [0.29, 0.717) is 6.61 Å². The van der Waals surface area contributed by atoms with Crippen LogP contribution < -0.4 is 4.72 Å². The number of rotatable bonds is 13. The Labute approximate surface area is 265 Å². The molecule has 45 heavy (non-hydrogen) atoms. The molecule has 3 aromatic carbocycles. The number of aryl methyl sites for hydroxylation is 2. The predicted molar refractivity (Wildman–Crippen MR) is 177 cm³/mol. The molecule has 0 fully saturated rings. The number of aromatic nitrogens is 3. The van der Waals surface area contributed by atoms with Gasteiger partial charge in [-0.2, -0.15) is 0 Å². The van der Waals surface area contributed by atoms with Crippen molar-refractivity contribution in [2.45, 2.75) is 51.0 Å². The van der Waals surface area contributed by atoms with Crippen LogP contribution in [0.4, 0.5) is 0 Å². The number of carbonyl (C=O) groups excluding carboxylic acids is 1. The molecule has 0 saturated carbocycles. The third-order valence-corrected chi connectivity index (χ3v) is 8.82. The molecule has 0 saturated heterocycles. The van der Waals surface area contributed by atoms with E-state index in [1.807, 2.05) is 61.7 Å². The first-order valence-electron chi connectivity index (χ1n) is 15.1. The maximum Gasteiger partial charge on any atom is 0.264 e. The zero-order valence-electron chi connectivity index (χ0n) is 25.8. The molecule has 1 amide bonds. The largest absolute Gasteiger partial charge is 0.372 e. The third-order valence-electron chi connectivity index (χ3n) is 7.44. The zero-order valence-corrected chi connectivity index (χ0v) is 26.6. The van der Waals surface area contributed by atoms with Gasteiger partial charge in [-0.1, -0.05) is 78.4 Å². The normalized spacial score (nSPS) is 11.6. The van der Waals surface area contributed by atoms with Crippen molar-refractivity contribution in [3.05, 3.63) is 115 Å². The van der Waals surface area contributed by atoms with Crippen molar-refractivity contribution in [2.24, 2.45) is 0 Å². The lowest BCUT2D eigenvalue weighted by Crippen LogP contribution is -2.33. The van der Waals surface area contributed by atoms with E-state index in [1.165, 1.54) is 17.8 Å². The average Bonchev–Trinajstić information content (AvgIpc) is 3.48.